The van der Waals surface area contributed by atoms with Gasteiger partial charge in [0, 0.05) is 6.54 Å². The first-order valence-electron chi connectivity index (χ1n) is 5.33. The van der Waals surface area contributed by atoms with Gasteiger partial charge in [-0.15, -0.1) is 11.3 Å². The molecule has 2 rings (SSSR count). The van der Waals surface area contributed by atoms with E-state index in [0.29, 0.717) is 0 Å². The van der Waals surface area contributed by atoms with Crippen molar-refractivity contribution in [1.82, 2.24) is 10.3 Å². The maximum absolute atomic E-state index is 5.80. The van der Waals surface area contributed by atoms with E-state index in [2.05, 4.69) is 16.4 Å². The van der Waals surface area contributed by atoms with Crippen molar-refractivity contribution >= 4 is 22.9 Å². The van der Waals surface area contributed by atoms with Crippen LogP contribution in [0.15, 0.2) is 17.8 Å². The lowest BCUT2D eigenvalue weighted by atomic mass is 10.2. The molecule has 0 amide bonds. The molecule has 0 saturated carbocycles. The molecule has 0 aliphatic heterocycles. The Bertz CT molecular complexity index is 346. The molecule has 0 atom stereocenters. The summed E-state index contributed by atoms with van der Waals surface area (Å²) in [5.74, 6) is 0. The van der Waals surface area contributed by atoms with Gasteiger partial charge in [-0.25, -0.2) is 4.98 Å². The van der Waals surface area contributed by atoms with E-state index in [0.717, 1.165) is 22.4 Å². The number of aromatic nitrogens is 1. The number of rotatable bonds is 5. The lowest BCUT2D eigenvalue weighted by molar-refractivity contribution is 0.673. The average Bonchev–Trinajstić information content (AvgIpc) is 2.84. The van der Waals surface area contributed by atoms with Crippen molar-refractivity contribution in [2.75, 3.05) is 6.54 Å². The molecule has 82 valence electrons. The third-order valence-corrected chi connectivity index (χ3v) is 3.67. The molecule has 4 heteroatoms. The van der Waals surface area contributed by atoms with Crippen LogP contribution in [0.1, 0.15) is 30.7 Å². The minimum absolute atomic E-state index is 0.769. The molecular weight excluding hydrogens is 228 g/mol. The Balaban J connectivity index is 1.62. The first-order chi connectivity index (χ1) is 7.34. The van der Waals surface area contributed by atoms with Gasteiger partial charge in [-0.1, -0.05) is 23.3 Å². The Labute approximate surface area is 99.4 Å². The minimum atomic E-state index is 0.769. The van der Waals surface area contributed by atoms with Gasteiger partial charge in [0.1, 0.15) is 9.34 Å². The van der Waals surface area contributed by atoms with E-state index in [1.165, 1.54) is 25.7 Å². The highest BCUT2D eigenvalue weighted by Crippen LogP contribution is 2.20. The highest BCUT2D eigenvalue weighted by atomic mass is 35.5. The Morgan fingerprint density at radius 2 is 2.47 bits per heavy atom. The van der Waals surface area contributed by atoms with Gasteiger partial charge in [0.05, 0.1) is 6.20 Å². The van der Waals surface area contributed by atoms with Crippen LogP contribution < -0.4 is 5.32 Å². The average molecular weight is 243 g/mol. The molecule has 1 aromatic rings. The summed E-state index contributed by atoms with van der Waals surface area (Å²) in [4.78, 5) is 4.19. The van der Waals surface area contributed by atoms with Gasteiger partial charge in [-0.05, 0) is 32.2 Å². The van der Waals surface area contributed by atoms with Crippen molar-refractivity contribution < 1.29 is 0 Å². The Morgan fingerprint density at radius 3 is 3.13 bits per heavy atom. The first-order valence-corrected chi connectivity index (χ1v) is 6.53. The fraction of sp³-hybridized carbons (Fsp3) is 0.545. The number of nitrogens with one attached hydrogen (secondary N) is 1. The van der Waals surface area contributed by atoms with Gasteiger partial charge in [-0.2, -0.15) is 0 Å². The zero-order valence-corrected chi connectivity index (χ0v) is 10.2. The number of hydrogen-bond acceptors (Lipinski definition) is 3. The second-order valence-corrected chi connectivity index (χ2v) is 5.49. The molecule has 0 unspecified atom stereocenters. The fourth-order valence-corrected chi connectivity index (χ4v) is 2.70. The third kappa shape index (κ3) is 3.59. The number of nitrogens with zero attached hydrogens (tertiary/aromatic N) is 1. The van der Waals surface area contributed by atoms with E-state index < -0.39 is 0 Å². The van der Waals surface area contributed by atoms with E-state index in [1.807, 2.05) is 0 Å². The summed E-state index contributed by atoms with van der Waals surface area (Å²) in [5.41, 5.74) is 1.61. The van der Waals surface area contributed by atoms with Crippen molar-refractivity contribution in [3.05, 3.63) is 27.2 Å². The zero-order chi connectivity index (χ0) is 10.5. The van der Waals surface area contributed by atoms with E-state index in [1.54, 1.807) is 23.1 Å². The van der Waals surface area contributed by atoms with Crippen molar-refractivity contribution in [3.8, 4) is 0 Å². The molecule has 0 bridgehead atoms. The van der Waals surface area contributed by atoms with Crippen molar-refractivity contribution in [3.63, 3.8) is 0 Å². The van der Waals surface area contributed by atoms with Gasteiger partial charge >= 0.3 is 0 Å². The van der Waals surface area contributed by atoms with E-state index in [9.17, 15) is 0 Å². The summed E-state index contributed by atoms with van der Waals surface area (Å²) in [6.07, 6.45) is 9.18. The van der Waals surface area contributed by atoms with Crippen molar-refractivity contribution in [2.45, 2.75) is 32.2 Å². The molecule has 0 fully saturated rings. The van der Waals surface area contributed by atoms with Crippen LogP contribution in [0.3, 0.4) is 0 Å². The predicted molar refractivity (Wildman–Crippen MR) is 65.4 cm³/mol. The molecule has 0 spiro atoms. The Kier molecular flexibility index (Phi) is 4.18. The molecule has 2 nitrogen and oxygen atoms in total. The van der Waals surface area contributed by atoms with Crippen LogP contribution in [0.4, 0.5) is 0 Å². The van der Waals surface area contributed by atoms with Gasteiger partial charge in [0.15, 0.2) is 0 Å². The number of allylic oxidation sites excluding steroid dienone is 1. The monoisotopic (exact) mass is 242 g/mol. The zero-order valence-electron chi connectivity index (χ0n) is 8.63. The Morgan fingerprint density at radius 1 is 1.53 bits per heavy atom. The number of thiazole rings is 1. The minimum Gasteiger partial charge on any atom is -0.310 e. The second kappa shape index (κ2) is 5.64. The summed E-state index contributed by atoms with van der Waals surface area (Å²) in [6.45, 7) is 1.88. The maximum atomic E-state index is 5.80. The topological polar surface area (TPSA) is 24.9 Å². The smallest absolute Gasteiger partial charge is 0.113 e. The third-order valence-electron chi connectivity index (χ3n) is 2.56. The van der Waals surface area contributed by atoms with E-state index in [-0.39, 0.29) is 0 Å². The van der Waals surface area contributed by atoms with Crippen LogP contribution in [-0.2, 0) is 6.54 Å². The van der Waals surface area contributed by atoms with Gasteiger partial charge in [0.2, 0.25) is 0 Å². The van der Waals surface area contributed by atoms with Crippen molar-refractivity contribution in [2.24, 2.45) is 0 Å². The van der Waals surface area contributed by atoms with Crippen molar-refractivity contribution in [1.29, 1.82) is 0 Å². The standard InChI is InChI=1S/C11H15ClN2S/c12-10-7-14-11(15-10)8-13-6-5-9-3-1-2-4-9/h3,7,13H,1-2,4-6,8H2. The summed E-state index contributed by atoms with van der Waals surface area (Å²) in [7, 11) is 0. The van der Waals surface area contributed by atoms with Gasteiger partial charge in [-0.3, -0.25) is 0 Å². The highest BCUT2D eigenvalue weighted by Gasteiger charge is 2.04. The quantitative estimate of drug-likeness (QED) is 0.633. The first kappa shape index (κ1) is 11.1. The van der Waals surface area contributed by atoms with E-state index in [4.69, 9.17) is 11.6 Å². The largest absolute Gasteiger partial charge is 0.310 e. The molecular formula is C11H15ClN2S. The summed E-state index contributed by atoms with van der Waals surface area (Å²) < 4.78 is 0.769. The SMILES string of the molecule is Clc1cnc(CNCCC2=CCCC2)s1. The normalized spacial score (nSPS) is 15.7. The lowest BCUT2D eigenvalue weighted by Gasteiger charge is -2.03. The molecule has 1 heterocycles. The number of halogens is 1. The van der Waals surface area contributed by atoms with Gasteiger partial charge in [0.25, 0.3) is 0 Å². The van der Waals surface area contributed by atoms with Crippen LogP contribution in [0.5, 0.6) is 0 Å². The van der Waals surface area contributed by atoms with E-state index >= 15 is 0 Å². The molecule has 0 aromatic carbocycles. The highest BCUT2D eigenvalue weighted by molar-refractivity contribution is 7.15. The molecule has 1 aromatic heterocycles. The number of hydrogen-bond donors (Lipinski definition) is 1. The summed E-state index contributed by atoms with van der Waals surface area (Å²) in [5, 5.41) is 4.46. The summed E-state index contributed by atoms with van der Waals surface area (Å²) in [6, 6.07) is 0. The predicted octanol–water partition coefficient (Wildman–Crippen LogP) is 3.39. The van der Waals surface area contributed by atoms with Gasteiger partial charge < -0.3 is 5.32 Å². The second-order valence-electron chi connectivity index (χ2n) is 3.74. The Hall–Kier alpha value is -0.380. The lowest BCUT2D eigenvalue weighted by Crippen LogP contribution is -2.14. The summed E-state index contributed by atoms with van der Waals surface area (Å²) >= 11 is 7.34. The van der Waals surface area contributed by atoms with Crippen LogP contribution in [0, 0.1) is 0 Å². The molecule has 1 aliphatic carbocycles. The molecule has 0 radical (unpaired) electrons. The maximum Gasteiger partial charge on any atom is 0.113 e. The fourth-order valence-electron chi connectivity index (χ4n) is 1.78. The van der Waals surface area contributed by atoms with Crippen LogP contribution in [0.2, 0.25) is 4.34 Å². The molecule has 1 aliphatic rings. The molecule has 15 heavy (non-hydrogen) atoms. The van der Waals surface area contributed by atoms with Crippen LogP contribution in [-0.4, -0.2) is 11.5 Å². The van der Waals surface area contributed by atoms with Crippen LogP contribution in [0.25, 0.3) is 0 Å². The molecule has 1 N–H and O–H groups in total. The molecule has 0 saturated heterocycles. The van der Waals surface area contributed by atoms with Crippen LogP contribution >= 0.6 is 22.9 Å².